The van der Waals surface area contributed by atoms with Gasteiger partial charge in [0.1, 0.15) is 0 Å². The number of nitrogens with two attached hydrogens (primary N) is 1. The summed E-state index contributed by atoms with van der Waals surface area (Å²) < 4.78 is 5.30. The molecule has 6 nitrogen and oxygen atoms in total. The molecule has 0 aliphatic carbocycles. The number of nitrogen functional groups attached to an aromatic ring is 1. The molecule has 0 aliphatic rings. The molecule has 0 saturated carbocycles. The third-order valence-corrected chi connectivity index (χ3v) is 4.07. The lowest BCUT2D eigenvalue weighted by Gasteiger charge is -1.95. The molecule has 0 atom stereocenters. The zero-order valence-electron chi connectivity index (χ0n) is 11.3. The Labute approximate surface area is 119 Å². The van der Waals surface area contributed by atoms with Gasteiger partial charge in [0.15, 0.2) is 0 Å². The van der Waals surface area contributed by atoms with Crippen molar-refractivity contribution in [3.8, 4) is 23.1 Å². The highest BCUT2D eigenvalue weighted by Gasteiger charge is 2.19. The fourth-order valence-electron chi connectivity index (χ4n) is 1.84. The van der Waals surface area contributed by atoms with Crippen molar-refractivity contribution in [2.45, 2.75) is 20.8 Å². The van der Waals surface area contributed by atoms with Gasteiger partial charge in [-0.2, -0.15) is 4.98 Å². The van der Waals surface area contributed by atoms with Crippen molar-refractivity contribution in [3.63, 3.8) is 0 Å². The van der Waals surface area contributed by atoms with E-state index in [9.17, 15) is 0 Å². The number of hydrogen-bond donors (Lipinski definition) is 1. The summed E-state index contributed by atoms with van der Waals surface area (Å²) in [6.45, 7) is 5.92. The van der Waals surface area contributed by atoms with Gasteiger partial charge < -0.3 is 10.3 Å². The molecule has 0 radical (unpaired) electrons. The number of thiophene rings is 1. The second kappa shape index (κ2) is 4.68. The first-order chi connectivity index (χ1) is 9.56. The predicted molar refractivity (Wildman–Crippen MR) is 77.3 cm³/mol. The van der Waals surface area contributed by atoms with E-state index < -0.39 is 0 Å². The molecule has 3 heterocycles. The van der Waals surface area contributed by atoms with Crippen LogP contribution < -0.4 is 5.73 Å². The van der Waals surface area contributed by atoms with Gasteiger partial charge in [-0.3, -0.25) is 0 Å². The Balaban J connectivity index is 2.04. The summed E-state index contributed by atoms with van der Waals surface area (Å²) in [5, 5.41) is 4.60. The summed E-state index contributed by atoms with van der Waals surface area (Å²) in [5.41, 5.74) is 8.85. The van der Waals surface area contributed by atoms with Crippen LogP contribution in [0.5, 0.6) is 0 Å². The number of nitrogens with zero attached hydrogens (tertiary/aromatic N) is 4. The topological polar surface area (TPSA) is 90.7 Å². The maximum atomic E-state index is 6.00. The zero-order chi connectivity index (χ0) is 14.3. The minimum absolute atomic E-state index is 0.364. The molecule has 3 aromatic heterocycles. The van der Waals surface area contributed by atoms with E-state index in [1.165, 1.54) is 11.3 Å². The van der Waals surface area contributed by atoms with Crippen LogP contribution in [-0.2, 0) is 0 Å². The Morgan fingerprint density at radius 1 is 1.10 bits per heavy atom. The smallest absolute Gasteiger partial charge is 0.261 e. The largest absolute Gasteiger partial charge is 0.390 e. The van der Waals surface area contributed by atoms with E-state index >= 15 is 0 Å². The number of rotatable bonds is 2. The third kappa shape index (κ3) is 2.05. The van der Waals surface area contributed by atoms with Crippen LogP contribution in [0.25, 0.3) is 23.1 Å². The molecule has 102 valence electrons. The van der Waals surface area contributed by atoms with E-state index in [4.69, 9.17) is 10.3 Å². The maximum absolute atomic E-state index is 6.00. The highest BCUT2D eigenvalue weighted by atomic mass is 32.1. The number of aryl methyl sites for hydroxylation is 2. The normalized spacial score (nSPS) is 10.9. The second-order valence-electron chi connectivity index (χ2n) is 4.53. The highest BCUT2D eigenvalue weighted by molar-refractivity contribution is 7.16. The summed E-state index contributed by atoms with van der Waals surface area (Å²) in [4.78, 5) is 13.8. The SMILES string of the molecule is Cc1cnc(-c2noc(-c3c(N)sc(C)c3C)n2)nc1. The summed E-state index contributed by atoms with van der Waals surface area (Å²) in [5.74, 6) is 1.21. The molecule has 7 heteroatoms. The van der Waals surface area contributed by atoms with E-state index in [1.807, 2.05) is 20.8 Å². The van der Waals surface area contributed by atoms with E-state index in [1.54, 1.807) is 12.4 Å². The van der Waals surface area contributed by atoms with Crippen LogP contribution in [0.1, 0.15) is 16.0 Å². The van der Waals surface area contributed by atoms with Crippen LogP contribution in [0, 0.1) is 20.8 Å². The Morgan fingerprint density at radius 2 is 1.80 bits per heavy atom. The summed E-state index contributed by atoms with van der Waals surface area (Å²) in [6, 6.07) is 0. The van der Waals surface area contributed by atoms with Gasteiger partial charge in [0, 0.05) is 17.3 Å². The molecular formula is C13H13N5OS. The average Bonchev–Trinajstić information content (AvgIpc) is 2.97. The standard InChI is InChI=1S/C13H13N5OS/c1-6-4-15-11(16-5-6)12-17-13(19-18-12)9-7(2)8(3)20-10(9)14/h4-5H,14H2,1-3H3. The van der Waals surface area contributed by atoms with Gasteiger partial charge in [0.05, 0.1) is 10.6 Å². The number of aromatic nitrogens is 4. The first kappa shape index (κ1) is 12.7. The average molecular weight is 287 g/mol. The van der Waals surface area contributed by atoms with Gasteiger partial charge in [-0.05, 0) is 31.9 Å². The monoisotopic (exact) mass is 287 g/mol. The predicted octanol–water partition coefficient (Wildman–Crippen LogP) is 2.76. The molecule has 0 unspecified atom stereocenters. The van der Waals surface area contributed by atoms with E-state index in [0.717, 1.165) is 21.6 Å². The highest BCUT2D eigenvalue weighted by Crippen LogP contribution is 2.37. The first-order valence-corrected chi connectivity index (χ1v) is 6.86. The number of anilines is 1. The molecule has 0 aliphatic heterocycles. The quantitative estimate of drug-likeness (QED) is 0.779. The molecule has 2 N–H and O–H groups in total. The van der Waals surface area contributed by atoms with E-state index in [-0.39, 0.29) is 0 Å². The van der Waals surface area contributed by atoms with Crippen molar-refractivity contribution in [2.75, 3.05) is 5.73 Å². The summed E-state index contributed by atoms with van der Waals surface area (Å²) in [7, 11) is 0. The molecule has 0 aromatic carbocycles. The summed E-state index contributed by atoms with van der Waals surface area (Å²) >= 11 is 1.52. The van der Waals surface area contributed by atoms with Crippen LogP contribution in [0.2, 0.25) is 0 Å². The van der Waals surface area contributed by atoms with Gasteiger partial charge in [-0.1, -0.05) is 5.16 Å². The van der Waals surface area contributed by atoms with Crippen LogP contribution >= 0.6 is 11.3 Å². The van der Waals surface area contributed by atoms with Crippen molar-refractivity contribution < 1.29 is 4.52 Å². The lowest BCUT2D eigenvalue weighted by molar-refractivity contribution is 0.432. The van der Waals surface area contributed by atoms with Gasteiger partial charge in [-0.25, -0.2) is 9.97 Å². The Bertz CT molecular complexity index is 760. The van der Waals surface area contributed by atoms with Crippen molar-refractivity contribution in [1.82, 2.24) is 20.1 Å². The second-order valence-corrected chi connectivity index (χ2v) is 5.79. The molecule has 0 spiro atoms. The first-order valence-electron chi connectivity index (χ1n) is 6.05. The molecule has 20 heavy (non-hydrogen) atoms. The molecule has 3 rings (SSSR count). The molecule has 0 fully saturated rings. The lowest BCUT2D eigenvalue weighted by Crippen LogP contribution is -1.91. The zero-order valence-corrected chi connectivity index (χ0v) is 12.2. The fourth-order valence-corrected chi connectivity index (χ4v) is 2.77. The van der Waals surface area contributed by atoms with Crippen molar-refractivity contribution >= 4 is 16.3 Å². The lowest BCUT2D eigenvalue weighted by atomic mass is 10.1. The third-order valence-electron chi connectivity index (χ3n) is 3.03. The Kier molecular flexibility index (Phi) is 2.98. The van der Waals surface area contributed by atoms with Gasteiger partial charge in [-0.15, -0.1) is 11.3 Å². The van der Waals surface area contributed by atoms with Gasteiger partial charge in [0.2, 0.25) is 11.6 Å². The minimum atomic E-state index is 0.364. The Morgan fingerprint density at radius 3 is 2.40 bits per heavy atom. The molecule has 3 aromatic rings. The number of hydrogen-bond acceptors (Lipinski definition) is 7. The molecule has 0 amide bonds. The van der Waals surface area contributed by atoms with Crippen molar-refractivity contribution in [3.05, 3.63) is 28.4 Å². The Hall–Kier alpha value is -2.28. The molecule has 0 saturated heterocycles. The van der Waals surface area contributed by atoms with Crippen LogP contribution in [-0.4, -0.2) is 20.1 Å². The molecule has 0 bridgehead atoms. The van der Waals surface area contributed by atoms with Crippen LogP contribution in [0.15, 0.2) is 16.9 Å². The minimum Gasteiger partial charge on any atom is -0.390 e. The maximum Gasteiger partial charge on any atom is 0.261 e. The van der Waals surface area contributed by atoms with E-state index in [0.29, 0.717) is 22.5 Å². The van der Waals surface area contributed by atoms with Gasteiger partial charge >= 0.3 is 0 Å². The van der Waals surface area contributed by atoms with Gasteiger partial charge in [0.25, 0.3) is 5.89 Å². The van der Waals surface area contributed by atoms with Crippen molar-refractivity contribution in [2.24, 2.45) is 0 Å². The van der Waals surface area contributed by atoms with Crippen LogP contribution in [0.3, 0.4) is 0 Å². The van der Waals surface area contributed by atoms with Crippen molar-refractivity contribution in [1.29, 1.82) is 0 Å². The fraction of sp³-hybridized carbons (Fsp3) is 0.231. The van der Waals surface area contributed by atoms with E-state index in [2.05, 4.69) is 20.1 Å². The van der Waals surface area contributed by atoms with Crippen LogP contribution in [0.4, 0.5) is 5.00 Å². The molecular weight excluding hydrogens is 274 g/mol. The summed E-state index contributed by atoms with van der Waals surface area (Å²) in [6.07, 6.45) is 3.43.